The van der Waals surface area contributed by atoms with E-state index in [0.29, 0.717) is 0 Å². The topological polar surface area (TPSA) is 21.3 Å². The quantitative estimate of drug-likeness (QED) is 0.841. The summed E-state index contributed by atoms with van der Waals surface area (Å²) in [5.41, 5.74) is 1.25. The van der Waals surface area contributed by atoms with Crippen LogP contribution in [0.25, 0.3) is 0 Å². The molecule has 0 saturated heterocycles. The Labute approximate surface area is 125 Å². The molecule has 1 atom stereocenters. The third-order valence-electron chi connectivity index (χ3n) is 3.87. The molecule has 106 valence electrons. The lowest BCUT2D eigenvalue weighted by Crippen LogP contribution is -2.23. The maximum absolute atomic E-state index is 6.18. The van der Waals surface area contributed by atoms with Crippen LogP contribution in [0.15, 0.2) is 28.7 Å². The molecule has 1 unspecified atom stereocenters. The summed E-state index contributed by atoms with van der Waals surface area (Å²) >= 11 is 3.53. The molecule has 1 aromatic rings. The van der Waals surface area contributed by atoms with Crippen LogP contribution in [0.2, 0.25) is 0 Å². The molecule has 3 heteroatoms. The fraction of sp³-hybridized carbons (Fsp3) is 0.625. The second-order valence-corrected chi connectivity index (χ2v) is 6.35. The van der Waals surface area contributed by atoms with E-state index in [0.717, 1.165) is 23.5 Å². The van der Waals surface area contributed by atoms with Crippen LogP contribution in [0.5, 0.6) is 0 Å². The summed E-state index contributed by atoms with van der Waals surface area (Å²) in [6.07, 6.45) is 6.99. The van der Waals surface area contributed by atoms with Crippen molar-refractivity contribution in [3.05, 3.63) is 34.3 Å². The minimum atomic E-state index is 0.157. The van der Waals surface area contributed by atoms with E-state index < -0.39 is 0 Å². The molecule has 0 bridgehead atoms. The summed E-state index contributed by atoms with van der Waals surface area (Å²) in [6.45, 7) is 1.77. The molecular formula is C16H24BrNO. The van der Waals surface area contributed by atoms with Crippen molar-refractivity contribution in [2.75, 3.05) is 20.2 Å². The lowest BCUT2D eigenvalue weighted by molar-refractivity contribution is 0.0209. The Bertz CT molecular complexity index is 377. The Morgan fingerprint density at radius 2 is 2.11 bits per heavy atom. The van der Waals surface area contributed by atoms with E-state index in [4.69, 9.17) is 4.74 Å². The summed E-state index contributed by atoms with van der Waals surface area (Å²) in [7, 11) is 1.98. The van der Waals surface area contributed by atoms with Crippen LogP contribution < -0.4 is 5.32 Å². The van der Waals surface area contributed by atoms with Crippen LogP contribution in [-0.2, 0) is 4.74 Å². The number of ether oxygens (including phenoxy) is 1. The molecule has 1 fully saturated rings. The minimum Gasteiger partial charge on any atom is -0.372 e. The van der Waals surface area contributed by atoms with Crippen LogP contribution in [0, 0.1) is 5.92 Å². The molecule has 19 heavy (non-hydrogen) atoms. The van der Waals surface area contributed by atoms with Gasteiger partial charge in [0.25, 0.3) is 0 Å². The SMILES string of the molecule is CNCC(OCC1CCCCC1)c1cccc(Br)c1. The van der Waals surface area contributed by atoms with Crippen molar-refractivity contribution >= 4 is 15.9 Å². The van der Waals surface area contributed by atoms with Crippen LogP contribution in [0.3, 0.4) is 0 Å². The van der Waals surface area contributed by atoms with Crippen LogP contribution in [0.4, 0.5) is 0 Å². The van der Waals surface area contributed by atoms with Gasteiger partial charge in [-0.2, -0.15) is 0 Å². The van der Waals surface area contributed by atoms with Crippen LogP contribution in [-0.4, -0.2) is 20.2 Å². The van der Waals surface area contributed by atoms with Gasteiger partial charge in [-0.25, -0.2) is 0 Å². The second-order valence-electron chi connectivity index (χ2n) is 5.44. The Balaban J connectivity index is 1.91. The van der Waals surface area contributed by atoms with E-state index in [2.05, 4.69) is 45.5 Å². The first-order valence-corrected chi connectivity index (χ1v) is 8.10. The van der Waals surface area contributed by atoms with E-state index in [1.165, 1.54) is 37.7 Å². The molecule has 0 aliphatic heterocycles. The third kappa shape index (κ3) is 4.90. The zero-order chi connectivity index (χ0) is 13.5. The summed E-state index contributed by atoms with van der Waals surface area (Å²) < 4.78 is 7.30. The average molecular weight is 326 g/mol. The lowest BCUT2D eigenvalue weighted by atomic mass is 9.90. The molecule has 0 spiro atoms. The molecule has 2 nitrogen and oxygen atoms in total. The first-order valence-electron chi connectivity index (χ1n) is 7.31. The standard InChI is InChI=1S/C16H24BrNO/c1-18-11-16(14-8-5-9-15(17)10-14)19-12-13-6-3-2-4-7-13/h5,8-10,13,16,18H,2-4,6-7,11-12H2,1H3. The molecule has 1 saturated carbocycles. The predicted molar refractivity (Wildman–Crippen MR) is 83.3 cm³/mol. The Kier molecular flexibility index (Phi) is 6.35. The van der Waals surface area contributed by atoms with Crippen LogP contribution in [0.1, 0.15) is 43.8 Å². The summed E-state index contributed by atoms with van der Waals surface area (Å²) in [4.78, 5) is 0. The summed E-state index contributed by atoms with van der Waals surface area (Å²) in [5, 5.41) is 3.23. The lowest BCUT2D eigenvalue weighted by Gasteiger charge is -2.25. The molecule has 0 aromatic heterocycles. The van der Waals surface area contributed by atoms with Crippen molar-refractivity contribution in [2.45, 2.75) is 38.2 Å². The van der Waals surface area contributed by atoms with E-state index in [1.54, 1.807) is 0 Å². The Morgan fingerprint density at radius 1 is 1.32 bits per heavy atom. The molecule has 1 aromatic carbocycles. The predicted octanol–water partition coefficient (Wildman–Crippen LogP) is 4.31. The molecule has 0 radical (unpaired) electrons. The van der Waals surface area contributed by atoms with E-state index in [1.807, 2.05) is 7.05 Å². The molecule has 1 aliphatic carbocycles. The number of rotatable bonds is 6. The normalized spacial score (nSPS) is 18.4. The zero-order valence-corrected chi connectivity index (χ0v) is 13.3. The van der Waals surface area contributed by atoms with Gasteiger partial charge in [-0.05, 0) is 43.5 Å². The number of benzene rings is 1. The van der Waals surface area contributed by atoms with Gasteiger partial charge in [0.15, 0.2) is 0 Å². The van der Waals surface area contributed by atoms with Crippen LogP contribution >= 0.6 is 15.9 Å². The Morgan fingerprint density at radius 3 is 2.79 bits per heavy atom. The molecule has 0 amide bonds. The van der Waals surface area contributed by atoms with Gasteiger partial charge in [0.05, 0.1) is 12.7 Å². The molecule has 1 aliphatic rings. The summed E-state index contributed by atoms with van der Waals surface area (Å²) in [6, 6.07) is 8.43. The van der Waals surface area contributed by atoms with Gasteiger partial charge < -0.3 is 10.1 Å². The molecule has 2 rings (SSSR count). The highest BCUT2D eigenvalue weighted by atomic mass is 79.9. The molecule has 1 N–H and O–H groups in total. The third-order valence-corrected chi connectivity index (χ3v) is 4.36. The van der Waals surface area contributed by atoms with E-state index >= 15 is 0 Å². The number of likely N-dealkylation sites (N-methyl/N-ethyl adjacent to an activating group) is 1. The highest BCUT2D eigenvalue weighted by Crippen LogP contribution is 2.27. The minimum absolute atomic E-state index is 0.157. The number of nitrogens with one attached hydrogen (secondary N) is 1. The average Bonchev–Trinajstić information content (AvgIpc) is 2.44. The van der Waals surface area contributed by atoms with Gasteiger partial charge >= 0.3 is 0 Å². The maximum atomic E-state index is 6.18. The van der Waals surface area contributed by atoms with Gasteiger partial charge in [-0.1, -0.05) is 47.3 Å². The second kappa shape index (κ2) is 8.03. The fourth-order valence-electron chi connectivity index (χ4n) is 2.77. The van der Waals surface area contributed by atoms with Gasteiger partial charge in [0.1, 0.15) is 0 Å². The highest BCUT2D eigenvalue weighted by molar-refractivity contribution is 9.10. The van der Waals surface area contributed by atoms with E-state index in [-0.39, 0.29) is 6.10 Å². The maximum Gasteiger partial charge on any atom is 0.0949 e. The highest BCUT2D eigenvalue weighted by Gasteiger charge is 2.17. The first-order chi connectivity index (χ1) is 9.29. The van der Waals surface area contributed by atoms with Crippen molar-refractivity contribution in [1.29, 1.82) is 0 Å². The number of hydrogen-bond acceptors (Lipinski definition) is 2. The smallest absolute Gasteiger partial charge is 0.0949 e. The van der Waals surface area contributed by atoms with Gasteiger partial charge in [0.2, 0.25) is 0 Å². The fourth-order valence-corrected chi connectivity index (χ4v) is 3.19. The van der Waals surface area contributed by atoms with Crippen molar-refractivity contribution in [3.8, 4) is 0 Å². The summed E-state index contributed by atoms with van der Waals surface area (Å²) in [5.74, 6) is 0.764. The van der Waals surface area contributed by atoms with Gasteiger partial charge in [-0.3, -0.25) is 0 Å². The number of halogens is 1. The molecular weight excluding hydrogens is 302 g/mol. The van der Waals surface area contributed by atoms with Crippen molar-refractivity contribution < 1.29 is 4.74 Å². The van der Waals surface area contributed by atoms with Crippen molar-refractivity contribution in [1.82, 2.24) is 5.32 Å². The molecule has 0 heterocycles. The van der Waals surface area contributed by atoms with Crippen molar-refractivity contribution in [2.24, 2.45) is 5.92 Å². The van der Waals surface area contributed by atoms with E-state index in [9.17, 15) is 0 Å². The zero-order valence-electron chi connectivity index (χ0n) is 11.7. The van der Waals surface area contributed by atoms with Gasteiger partial charge in [-0.15, -0.1) is 0 Å². The largest absolute Gasteiger partial charge is 0.372 e. The monoisotopic (exact) mass is 325 g/mol. The Hall–Kier alpha value is -0.380. The van der Waals surface area contributed by atoms with Gasteiger partial charge in [0, 0.05) is 11.0 Å². The number of hydrogen-bond donors (Lipinski definition) is 1. The first kappa shape index (κ1) is 15.0. The van der Waals surface area contributed by atoms with Crippen molar-refractivity contribution in [3.63, 3.8) is 0 Å².